The lowest BCUT2D eigenvalue weighted by Crippen LogP contribution is -2.44. The van der Waals surface area contributed by atoms with Gasteiger partial charge in [0.2, 0.25) is 11.8 Å². The summed E-state index contributed by atoms with van der Waals surface area (Å²) in [5, 5.41) is 6.39. The van der Waals surface area contributed by atoms with Gasteiger partial charge in [-0.15, -0.1) is 0 Å². The first-order valence-corrected chi connectivity index (χ1v) is 9.62. The van der Waals surface area contributed by atoms with Crippen LogP contribution in [0.4, 0.5) is 11.4 Å². The van der Waals surface area contributed by atoms with Crippen LogP contribution in [0.2, 0.25) is 5.02 Å². The van der Waals surface area contributed by atoms with Gasteiger partial charge in [-0.05, 0) is 37.6 Å². The van der Waals surface area contributed by atoms with Crippen molar-refractivity contribution in [2.45, 2.75) is 19.8 Å². The van der Waals surface area contributed by atoms with E-state index in [2.05, 4.69) is 34.4 Å². The molecule has 142 valence electrons. The van der Waals surface area contributed by atoms with E-state index in [-0.39, 0.29) is 24.2 Å². The molecule has 6 nitrogen and oxygen atoms in total. The number of nitrogens with one attached hydrogen (secondary N) is 2. The standard InChI is InChI=1S/C19H27ClN4O2/c1-13-11-15(13)19(26)21-6-5-18(25)22-16-12-14(20)3-4-17(16)24-9-7-23(2)8-10-24/h3-4,12-13,15H,5-11H2,1-2H3,(H,21,26)(H,22,25). The molecule has 1 saturated carbocycles. The SMILES string of the molecule is CC1CC1C(=O)NCCC(=O)Nc1cc(Cl)ccc1N1CCN(C)CC1. The molecular formula is C19H27ClN4O2. The van der Waals surface area contributed by atoms with E-state index in [1.165, 1.54) is 0 Å². The lowest BCUT2D eigenvalue weighted by Gasteiger charge is -2.35. The third-order valence-corrected chi connectivity index (χ3v) is 5.41. The van der Waals surface area contributed by atoms with Crippen LogP contribution in [0.25, 0.3) is 0 Å². The zero-order valence-electron chi connectivity index (χ0n) is 15.4. The van der Waals surface area contributed by atoms with E-state index in [9.17, 15) is 9.59 Å². The maximum Gasteiger partial charge on any atom is 0.226 e. The summed E-state index contributed by atoms with van der Waals surface area (Å²) in [6.45, 7) is 6.23. The summed E-state index contributed by atoms with van der Waals surface area (Å²) in [6, 6.07) is 5.60. The normalized spacial score (nSPS) is 22.8. The van der Waals surface area contributed by atoms with Crippen molar-refractivity contribution in [2.24, 2.45) is 11.8 Å². The highest BCUT2D eigenvalue weighted by Gasteiger charge is 2.38. The van der Waals surface area contributed by atoms with Crippen LogP contribution < -0.4 is 15.5 Å². The number of likely N-dealkylation sites (N-methyl/N-ethyl adjacent to an activating group) is 1. The summed E-state index contributed by atoms with van der Waals surface area (Å²) < 4.78 is 0. The van der Waals surface area contributed by atoms with Crippen molar-refractivity contribution in [3.63, 3.8) is 0 Å². The highest BCUT2D eigenvalue weighted by Crippen LogP contribution is 2.37. The average molecular weight is 379 g/mol. The number of hydrogen-bond acceptors (Lipinski definition) is 4. The molecule has 2 unspecified atom stereocenters. The van der Waals surface area contributed by atoms with Gasteiger partial charge in [0.05, 0.1) is 11.4 Å². The van der Waals surface area contributed by atoms with Gasteiger partial charge in [-0.25, -0.2) is 0 Å². The van der Waals surface area contributed by atoms with Gasteiger partial charge in [-0.2, -0.15) is 0 Å². The van der Waals surface area contributed by atoms with Crippen LogP contribution in [0, 0.1) is 11.8 Å². The number of benzene rings is 1. The first-order valence-electron chi connectivity index (χ1n) is 9.24. The summed E-state index contributed by atoms with van der Waals surface area (Å²) in [6.07, 6.45) is 1.20. The summed E-state index contributed by atoms with van der Waals surface area (Å²) in [4.78, 5) is 28.7. The lowest BCUT2D eigenvalue weighted by atomic mass is 10.2. The Hall–Kier alpha value is -1.79. The van der Waals surface area contributed by atoms with Crippen LogP contribution in [0.1, 0.15) is 19.8 Å². The summed E-state index contributed by atoms with van der Waals surface area (Å²) >= 11 is 6.13. The van der Waals surface area contributed by atoms with E-state index >= 15 is 0 Å². The monoisotopic (exact) mass is 378 g/mol. The van der Waals surface area contributed by atoms with Gasteiger partial charge < -0.3 is 20.4 Å². The second-order valence-corrected chi connectivity index (χ2v) is 7.80. The zero-order chi connectivity index (χ0) is 18.7. The summed E-state index contributed by atoms with van der Waals surface area (Å²) in [5.41, 5.74) is 1.72. The fourth-order valence-electron chi connectivity index (χ4n) is 3.26. The maximum absolute atomic E-state index is 12.3. The van der Waals surface area contributed by atoms with Crippen molar-refractivity contribution >= 4 is 34.8 Å². The highest BCUT2D eigenvalue weighted by molar-refractivity contribution is 6.31. The average Bonchev–Trinajstić information content (AvgIpc) is 3.33. The van der Waals surface area contributed by atoms with E-state index in [0.29, 0.717) is 17.5 Å². The minimum Gasteiger partial charge on any atom is -0.367 e. The minimum atomic E-state index is -0.119. The topological polar surface area (TPSA) is 64.7 Å². The fourth-order valence-corrected chi connectivity index (χ4v) is 3.43. The Morgan fingerprint density at radius 3 is 2.58 bits per heavy atom. The Balaban J connectivity index is 1.55. The van der Waals surface area contributed by atoms with Gasteiger partial charge >= 0.3 is 0 Å². The molecule has 0 spiro atoms. The lowest BCUT2D eigenvalue weighted by molar-refractivity contribution is -0.122. The largest absolute Gasteiger partial charge is 0.367 e. The molecular weight excluding hydrogens is 352 g/mol. The van der Waals surface area contributed by atoms with E-state index < -0.39 is 0 Å². The second-order valence-electron chi connectivity index (χ2n) is 7.36. The van der Waals surface area contributed by atoms with Gasteiger partial charge in [-0.1, -0.05) is 18.5 Å². The number of carbonyl (C=O) groups is 2. The quantitative estimate of drug-likeness (QED) is 0.796. The Labute approximate surface area is 159 Å². The second kappa shape index (κ2) is 8.27. The molecule has 1 aromatic carbocycles. The van der Waals surface area contributed by atoms with Crippen LogP contribution >= 0.6 is 11.6 Å². The van der Waals surface area contributed by atoms with Gasteiger partial charge in [0, 0.05) is 50.1 Å². The number of nitrogens with zero attached hydrogens (tertiary/aromatic N) is 2. The van der Waals surface area contributed by atoms with E-state index in [1.807, 2.05) is 12.1 Å². The molecule has 0 radical (unpaired) electrons. The Morgan fingerprint density at radius 1 is 1.23 bits per heavy atom. The van der Waals surface area contributed by atoms with Crippen LogP contribution in [0.15, 0.2) is 18.2 Å². The molecule has 2 fully saturated rings. The van der Waals surface area contributed by atoms with Crippen molar-refractivity contribution in [1.82, 2.24) is 10.2 Å². The Bertz CT molecular complexity index is 674. The van der Waals surface area contributed by atoms with Crippen molar-refractivity contribution < 1.29 is 9.59 Å². The third kappa shape index (κ3) is 4.89. The number of halogens is 1. The number of hydrogen-bond donors (Lipinski definition) is 2. The molecule has 1 heterocycles. The highest BCUT2D eigenvalue weighted by atomic mass is 35.5. The number of amides is 2. The smallest absolute Gasteiger partial charge is 0.226 e. The van der Waals surface area contributed by atoms with Crippen LogP contribution in [-0.4, -0.2) is 56.5 Å². The van der Waals surface area contributed by atoms with Crippen LogP contribution in [0.3, 0.4) is 0 Å². The number of carbonyl (C=O) groups excluding carboxylic acids is 2. The first-order chi connectivity index (χ1) is 12.4. The number of rotatable bonds is 6. The first kappa shape index (κ1) is 19.0. The summed E-state index contributed by atoms with van der Waals surface area (Å²) in [5.74, 6) is 0.550. The Morgan fingerprint density at radius 2 is 1.92 bits per heavy atom. The predicted molar refractivity (Wildman–Crippen MR) is 105 cm³/mol. The van der Waals surface area contributed by atoms with Crippen molar-refractivity contribution in [3.8, 4) is 0 Å². The van der Waals surface area contributed by atoms with Crippen molar-refractivity contribution in [2.75, 3.05) is 50.0 Å². The van der Waals surface area contributed by atoms with E-state index in [4.69, 9.17) is 11.6 Å². The van der Waals surface area contributed by atoms with Gasteiger partial charge in [0.1, 0.15) is 0 Å². The molecule has 3 rings (SSSR count). The van der Waals surface area contributed by atoms with Crippen molar-refractivity contribution in [3.05, 3.63) is 23.2 Å². The maximum atomic E-state index is 12.3. The molecule has 0 aromatic heterocycles. The van der Waals surface area contributed by atoms with E-state index in [0.717, 1.165) is 44.0 Å². The van der Waals surface area contributed by atoms with Crippen molar-refractivity contribution in [1.29, 1.82) is 0 Å². The molecule has 1 saturated heterocycles. The Kier molecular flexibility index (Phi) is 6.04. The molecule has 26 heavy (non-hydrogen) atoms. The molecule has 1 aliphatic carbocycles. The number of anilines is 2. The van der Waals surface area contributed by atoms with Crippen LogP contribution in [-0.2, 0) is 9.59 Å². The minimum absolute atomic E-state index is 0.0613. The molecule has 1 aromatic rings. The van der Waals surface area contributed by atoms with Crippen LogP contribution in [0.5, 0.6) is 0 Å². The zero-order valence-corrected chi connectivity index (χ0v) is 16.2. The molecule has 2 aliphatic rings. The van der Waals surface area contributed by atoms with Gasteiger partial charge in [-0.3, -0.25) is 9.59 Å². The van der Waals surface area contributed by atoms with E-state index in [1.54, 1.807) is 6.07 Å². The molecule has 1 aliphatic heterocycles. The van der Waals surface area contributed by atoms with Gasteiger partial charge in [0.15, 0.2) is 0 Å². The molecule has 7 heteroatoms. The fraction of sp³-hybridized carbons (Fsp3) is 0.579. The third-order valence-electron chi connectivity index (χ3n) is 5.17. The molecule has 0 bridgehead atoms. The molecule has 2 atom stereocenters. The predicted octanol–water partition coefficient (Wildman–Crippen LogP) is 2.19. The molecule has 2 N–H and O–H groups in total. The van der Waals surface area contributed by atoms with Gasteiger partial charge in [0.25, 0.3) is 0 Å². The molecule has 2 amide bonds. The number of piperazine rings is 1. The summed E-state index contributed by atoms with van der Waals surface area (Å²) in [7, 11) is 2.11.